The van der Waals surface area contributed by atoms with Crippen molar-refractivity contribution in [3.05, 3.63) is 58.1 Å². The molecule has 0 aliphatic carbocycles. The van der Waals surface area contributed by atoms with Crippen molar-refractivity contribution in [2.24, 2.45) is 5.92 Å². The summed E-state index contributed by atoms with van der Waals surface area (Å²) in [6, 6.07) is 9.75. The smallest absolute Gasteiger partial charge is 0.309 e. The van der Waals surface area contributed by atoms with Crippen LogP contribution in [0.1, 0.15) is 42.5 Å². The Morgan fingerprint density at radius 3 is 2.71 bits per heavy atom. The van der Waals surface area contributed by atoms with Gasteiger partial charge < -0.3 is 9.64 Å². The van der Waals surface area contributed by atoms with E-state index in [1.54, 1.807) is 22.3 Å². The minimum atomic E-state index is -0.183. The van der Waals surface area contributed by atoms with Crippen LogP contribution < -0.4 is 0 Å². The van der Waals surface area contributed by atoms with Gasteiger partial charge in [0.05, 0.1) is 16.6 Å². The first-order chi connectivity index (χ1) is 13.7. The quantitative estimate of drug-likeness (QED) is 0.521. The lowest BCUT2D eigenvalue weighted by Gasteiger charge is -2.30. The van der Waals surface area contributed by atoms with E-state index in [-0.39, 0.29) is 24.4 Å². The van der Waals surface area contributed by atoms with Gasteiger partial charge in [-0.3, -0.25) is 9.59 Å². The Bertz CT molecular complexity index is 808. The highest BCUT2D eigenvalue weighted by molar-refractivity contribution is 7.09. The Morgan fingerprint density at radius 1 is 1.25 bits per heavy atom. The first-order valence-corrected chi connectivity index (χ1v) is 10.7. The number of piperidine rings is 1. The van der Waals surface area contributed by atoms with Crippen LogP contribution in [0, 0.1) is 5.92 Å². The average Bonchev–Trinajstić information content (AvgIpc) is 3.19. The van der Waals surface area contributed by atoms with Crippen LogP contribution in [-0.2, 0) is 27.4 Å². The number of rotatable bonds is 7. The van der Waals surface area contributed by atoms with Crippen molar-refractivity contribution in [3.8, 4) is 0 Å². The van der Waals surface area contributed by atoms with Gasteiger partial charge in [-0.05, 0) is 37.3 Å². The van der Waals surface area contributed by atoms with E-state index in [2.05, 4.69) is 11.9 Å². The molecule has 0 radical (unpaired) electrons. The topological polar surface area (TPSA) is 59.5 Å². The van der Waals surface area contributed by atoms with Crippen molar-refractivity contribution in [2.45, 2.75) is 39.2 Å². The van der Waals surface area contributed by atoms with Gasteiger partial charge in [0, 0.05) is 24.5 Å². The summed E-state index contributed by atoms with van der Waals surface area (Å²) in [5.74, 6) is -0.338. The maximum atomic E-state index is 12.3. The lowest BCUT2D eigenvalue weighted by Crippen LogP contribution is -2.39. The summed E-state index contributed by atoms with van der Waals surface area (Å²) in [7, 11) is 0. The number of amides is 1. The van der Waals surface area contributed by atoms with Gasteiger partial charge in [-0.25, -0.2) is 4.98 Å². The molecule has 1 aliphatic rings. The van der Waals surface area contributed by atoms with Gasteiger partial charge in [-0.1, -0.05) is 37.3 Å². The summed E-state index contributed by atoms with van der Waals surface area (Å²) in [5, 5.41) is 3.04. The van der Waals surface area contributed by atoms with Gasteiger partial charge in [0.25, 0.3) is 0 Å². The number of ether oxygens (including phenoxy) is 1. The molecule has 3 rings (SSSR count). The summed E-state index contributed by atoms with van der Waals surface area (Å²) in [4.78, 5) is 30.9. The molecule has 1 aromatic heterocycles. The summed E-state index contributed by atoms with van der Waals surface area (Å²) >= 11 is 1.61. The molecule has 6 heteroatoms. The number of hydrogen-bond donors (Lipinski definition) is 0. The van der Waals surface area contributed by atoms with Crippen LogP contribution in [-0.4, -0.2) is 34.8 Å². The van der Waals surface area contributed by atoms with Crippen molar-refractivity contribution >= 4 is 29.3 Å². The summed E-state index contributed by atoms with van der Waals surface area (Å²) in [6.07, 6.45) is 6.73. The third kappa shape index (κ3) is 5.76. The molecule has 0 atom stereocenters. The van der Waals surface area contributed by atoms with Crippen LogP contribution in [0.4, 0.5) is 0 Å². The number of nitrogens with zero attached hydrogens (tertiary/aromatic N) is 2. The first kappa shape index (κ1) is 20.3. The molecular weight excluding hydrogens is 372 g/mol. The zero-order valence-electron chi connectivity index (χ0n) is 16.2. The fourth-order valence-electron chi connectivity index (χ4n) is 3.18. The highest BCUT2D eigenvalue weighted by Gasteiger charge is 2.27. The normalized spacial score (nSPS) is 15.1. The number of carbonyl (C=O) groups is 2. The van der Waals surface area contributed by atoms with Crippen LogP contribution in [0.25, 0.3) is 6.08 Å². The Kier molecular flexibility index (Phi) is 7.37. The van der Waals surface area contributed by atoms with E-state index >= 15 is 0 Å². The first-order valence-electron chi connectivity index (χ1n) is 9.77. The zero-order valence-corrected chi connectivity index (χ0v) is 17.0. The molecule has 0 N–H and O–H groups in total. The van der Waals surface area contributed by atoms with E-state index in [4.69, 9.17) is 4.74 Å². The number of likely N-dealkylation sites (tertiary alicyclic amines) is 1. The van der Waals surface area contributed by atoms with Crippen LogP contribution in [0.3, 0.4) is 0 Å². The van der Waals surface area contributed by atoms with E-state index in [0.717, 1.165) is 29.1 Å². The highest BCUT2D eigenvalue weighted by atomic mass is 32.1. The molecule has 1 aromatic carbocycles. The van der Waals surface area contributed by atoms with Gasteiger partial charge >= 0.3 is 5.97 Å². The number of esters is 1. The lowest BCUT2D eigenvalue weighted by atomic mass is 9.97. The van der Waals surface area contributed by atoms with Crippen molar-refractivity contribution in [1.29, 1.82) is 0 Å². The molecule has 148 valence electrons. The average molecular weight is 399 g/mol. The van der Waals surface area contributed by atoms with Crippen LogP contribution in [0.5, 0.6) is 0 Å². The van der Waals surface area contributed by atoms with E-state index in [1.165, 1.54) is 0 Å². The summed E-state index contributed by atoms with van der Waals surface area (Å²) in [5.41, 5.74) is 1.82. The van der Waals surface area contributed by atoms with Gasteiger partial charge in [-0.2, -0.15) is 0 Å². The molecule has 2 heterocycles. The van der Waals surface area contributed by atoms with Gasteiger partial charge in [0.15, 0.2) is 0 Å². The summed E-state index contributed by atoms with van der Waals surface area (Å²) < 4.78 is 5.45. The zero-order chi connectivity index (χ0) is 19.8. The third-order valence-corrected chi connectivity index (χ3v) is 5.74. The van der Waals surface area contributed by atoms with Gasteiger partial charge in [-0.15, -0.1) is 11.3 Å². The Hall–Kier alpha value is -2.47. The number of benzene rings is 1. The molecule has 0 spiro atoms. The Balaban J connectivity index is 1.42. The molecule has 0 saturated carbocycles. The standard InChI is InChI=1S/C22H26N2O3S/c1-2-6-20-23-19(16-28-20)15-27-22(26)18-11-13-24(14-12-18)21(25)10-9-17-7-4-3-5-8-17/h3-5,7-10,16,18H,2,6,11-15H2,1H3/b10-9+. The largest absolute Gasteiger partial charge is 0.459 e. The van der Waals surface area contributed by atoms with Crippen molar-refractivity contribution < 1.29 is 14.3 Å². The number of aromatic nitrogens is 1. The second-order valence-corrected chi connectivity index (χ2v) is 7.88. The van der Waals surface area contributed by atoms with Crippen molar-refractivity contribution in [2.75, 3.05) is 13.1 Å². The van der Waals surface area contributed by atoms with Gasteiger partial charge in [0.2, 0.25) is 5.91 Å². The maximum Gasteiger partial charge on any atom is 0.309 e. The monoisotopic (exact) mass is 398 g/mol. The SMILES string of the molecule is CCCc1nc(COC(=O)C2CCN(C(=O)/C=C/c3ccccc3)CC2)cs1. The van der Waals surface area contributed by atoms with E-state index in [0.29, 0.717) is 25.9 Å². The van der Waals surface area contributed by atoms with E-state index < -0.39 is 0 Å². The molecule has 28 heavy (non-hydrogen) atoms. The van der Waals surface area contributed by atoms with Crippen molar-refractivity contribution in [1.82, 2.24) is 9.88 Å². The van der Waals surface area contributed by atoms with Gasteiger partial charge in [0.1, 0.15) is 6.61 Å². The second kappa shape index (κ2) is 10.2. The Labute approximate surface area is 170 Å². The van der Waals surface area contributed by atoms with E-state index in [1.807, 2.05) is 41.8 Å². The second-order valence-electron chi connectivity index (χ2n) is 6.93. The molecule has 0 unspecified atom stereocenters. The fourth-order valence-corrected chi connectivity index (χ4v) is 4.06. The van der Waals surface area contributed by atoms with Crippen molar-refractivity contribution in [3.63, 3.8) is 0 Å². The number of aryl methyl sites for hydroxylation is 1. The molecule has 1 fully saturated rings. The minimum Gasteiger partial charge on any atom is -0.459 e. The molecule has 5 nitrogen and oxygen atoms in total. The molecule has 1 aliphatic heterocycles. The maximum absolute atomic E-state index is 12.3. The fraction of sp³-hybridized carbons (Fsp3) is 0.409. The summed E-state index contributed by atoms with van der Waals surface area (Å²) in [6.45, 7) is 3.51. The molecular formula is C22H26N2O3S. The Morgan fingerprint density at radius 2 is 2.00 bits per heavy atom. The molecule has 1 amide bonds. The number of carbonyl (C=O) groups excluding carboxylic acids is 2. The molecule has 1 saturated heterocycles. The van der Waals surface area contributed by atoms with Crippen LogP contribution in [0.15, 0.2) is 41.8 Å². The minimum absolute atomic E-state index is 0.0124. The predicted molar refractivity (Wildman–Crippen MR) is 111 cm³/mol. The lowest BCUT2D eigenvalue weighted by molar-refractivity contribution is -0.152. The predicted octanol–water partition coefficient (Wildman–Crippen LogP) is 4.09. The van der Waals surface area contributed by atoms with Crippen LogP contribution >= 0.6 is 11.3 Å². The number of thiazole rings is 1. The highest BCUT2D eigenvalue weighted by Crippen LogP contribution is 2.20. The van der Waals surface area contributed by atoms with E-state index in [9.17, 15) is 9.59 Å². The number of hydrogen-bond acceptors (Lipinski definition) is 5. The molecule has 2 aromatic rings. The third-order valence-electron chi connectivity index (χ3n) is 4.78. The van der Waals surface area contributed by atoms with Crippen LogP contribution in [0.2, 0.25) is 0 Å². The molecule has 0 bridgehead atoms.